The molecule has 2 unspecified atom stereocenters. The molecule has 0 radical (unpaired) electrons. The summed E-state index contributed by atoms with van der Waals surface area (Å²) in [7, 11) is 3.47. The Labute approximate surface area is 93.8 Å². The second kappa shape index (κ2) is 7.69. The Morgan fingerprint density at radius 3 is 2.40 bits per heavy atom. The van der Waals surface area contributed by atoms with Crippen LogP contribution in [0.4, 0.5) is 0 Å². The summed E-state index contributed by atoms with van der Waals surface area (Å²) >= 11 is 0. The van der Waals surface area contributed by atoms with Crippen molar-refractivity contribution in [3.8, 4) is 0 Å². The number of rotatable bonds is 7. The number of esters is 1. The fourth-order valence-electron chi connectivity index (χ4n) is 1.62. The van der Waals surface area contributed by atoms with E-state index in [1.165, 1.54) is 7.11 Å². The Balaban J connectivity index is 4.39. The minimum absolute atomic E-state index is 0.0788. The van der Waals surface area contributed by atoms with Crippen LogP contribution in [-0.4, -0.2) is 37.1 Å². The third kappa shape index (κ3) is 4.65. The van der Waals surface area contributed by atoms with E-state index < -0.39 is 0 Å². The van der Waals surface area contributed by atoms with Crippen LogP contribution in [0, 0.1) is 0 Å². The molecule has 2 atom stereocenters. The zero-order chi connectivity index (χ0) is 11.8. The predicted octanol–water partition coefficient (Wildman–Crippen LogP) is 2.45. The molecule has 90 valence electrons. The van der Waals surface area contributed by atoms with Crippen LogP contribution in [-0.2, 0) is 9.53 Å². The summed E-state index contributed by atoms with van der Waals surface area (Å²) in [6, 6.07) is 0.343. The lowest BCUT2D eigenvalue weighted by Crippen LogP contribution is -2.44. The van der Waals surface area contributed by atoms with Gasteiger partial charge >= 0.3 is 5.97 Å². The van der Waals surface area contributed by atoms with Crippen molar-refractivity contribution < 1.29 is 9.53 Å². The molecule has 3 nitrogen and oxygen atoms in total. The van der Waals surface area contributed by atoms with Crippen molar-refractivity contribution in [3.05, 3.63) is 0 Å². The summed E-state index contributed by atoms with van der Waals surface area (Å²) in [5.41, 5.74) is 0. The molecule has 0 aliphatic carbocycles. The number of methoxy groups -OCH3 is 1. The smallest absolute Gasteiger partial charge is 0.323 e. The van der Waals surface area contributed by atoms with Crippen LogP contribution < -0.4 is 0 Å². The van der Waals surface area contributed by atoms with Crippen molar-refractivity contribution >= 4 is 5.97 Å². The molecule has 0 aliphatic heterocycles. The standard InChI is InChI=1S/C12H25NO2/c1-6-8-9-11(12(14)15-5)13(4)10(3)7-2/h10-11H,6-9H2,1-5H3. The van der Waals surface area contributed by atoms with E-state index in [9.17, 15) is 4.79 Å². The first-order valence-electron chi connectivity index (χ1n) is 5.88. The Kier molecular flexibility index (Phi) is 7.39. The fraction of sp³-hybridized carbons (Fsp3) is 0.917. The number of nitrogens with zero attached hydrogens (tertiary/aromatic N) is 1. The van der Waals surface area contributed by atoms with Gasteiger partial charge in [0.25, 0.3) is 0 Å². The summed E-state index contributed by atoms with van der Waals surface area (Å²) in [6.45, 7) is 6.41. The molecule has 0 N–H and O–H groups in total. The number of carbonyl (C=O) groups is 1. The van der Waals surface area contributed by atoms with Gasteiger partial charge in [-0.1, -0.05) is 26.7 Å². The molecule has 0 aliphatic rings. The van der Waals surface area contributed by atoms with Gasteiger partial charge in [0.05, 0.1) is 7.11 Å². The normalized spacial score (nSPS) is 15.1. The van der Waals surface area contributed by atoms with Crippen LogP contribution in [0.3, 0.4) is 0 Å². The number of unbranched alkanes of at least 4 members (excludes halogenated alkanes) is 1. The lowest BCUT2D eigenvalue weighted by atomic mass is 10.1. The van der Waals surface area contributed by atoms with Gasteiger partial charge in [0.2, 0.25) is 0 Å². The topological polar surface area (TPSA) is 29.5 Å². The van der Waals surface area contributed by atoms with Crippen LogP contribution >= 0.6 is 0 Å². The number of likely N-dealkylation sites (N-methyl/N-ethyl adjacent to an activating group) is 1. The van der Waals surface area contributed by atoms with E-state index in [-0.39, 0.29) is 12.0 Å². The first-order chi connectivity index (χ1) is 7.08. The molecule has 0 amide bonds. The Hall–Kier alpha value is -0.570. The second-order valence-corrected chi connectivity index (χ2v) is 4.10. The molecule has 0 spiro atoms. The average Bonchev–Trinajstić information content (AvgIpc) is 2.27. The molecule has 0 fully saturated rings. The van der Waals surface area contributed by atoms with Crippen molar-refractivity contribution in [1.82, 2.24) is 4.90 Å². The number of hydrogen-bond acceptors (Lipinski definition) is 3. The molecule has 0 aromatic rings. The van der Waals surface area contributed by atoms with Crippen molar-refractivity contribution in [3.63, 3.8) is 0 Å². The highest BCUT2D eigenvalue weighted by Crippen LogP contribution is 2.13. The minimum atomic E-state index is -0.105. The van der Waals surface area contributed by atoms with Gasteiger partial charge in [-0.2, -0.15) is 0 Å². The molecule has 0 aromatic carbocycles. The molecule has 0 saturated carbocycles. The van der Waals surface area contributed by atoms with Crippen molar-refractivity contribution in [2.45, 2.75) is 58.5 Å². The number of carbonyl (C=O) groups excluding carboxylic acids is 1. The Bertz CT molecular complexity index is 182. The van der Waals surface area contributed by atoms with E-state index in [2.05, 4.69) is 25.7 Å². The first kappa shape index (κ1) is 14.4. The van der Waals surface area contributed by atoms with Gasteiger partial charge in [-0.25, -0.2) is 0 Å². The third-order valence-corrected chi connectivity index (χ3v) is 3.08. The van der Waals surface area contributed by atoms with Crippen LogP contribution in [0.2, 0.25) is 0 Å². The van der Waals surface area contributed by atoms with Gasteiger partial charge in [-0.15, -0.1) is 0 Å². The largest absolute Gasteiger partial charge is 0.468 e. The molecular formula is C12H25NO2. The van der Waals surface area contributed by atoms with Gasteiger partial charge in [-0.3, -0.25) is 9.69 Å². The molecule has 15 heavy (non-hydrogen) atoms. The fourth-order valence-corrected chi connectivity index (χ4v) is 1.62. The lowest BCUT2D eigenvalue weighted by Gasteiger charge is -2.30. The van der Waals surface area contributed by atoms with Crippen molar-refractivity contribution in [1.29, 1.82) is 0 Å². The van der Waals surface area contributed by atoms with E-state index >= 15 is 0 Å². The van der Waals surface area contributed by atoms with E-state index in [4.69, 9.17) is 4.74 Å². The molecule has 3 heteroatoms. The van der Waals surface area contributed by atoms with Crippen LogP contribution in [0.25, 0.3) is 0 Å². The van der Waals surface area contributed by atoms with Crippen molar-refractivity contribution in [2.75, 3.05) is 14.2 Å². The lowest BCUT2D eigenvalue weighted by molar-refractivity contribution is -0.147. The van der Waals surface area contributed by atoms with Gasteiger partial charge in [0, 0.05) is 6.04 Å². The van der Waals surface area contributed by atoms with Gasteiger partial charge in [0.1, 0.15) is 6.04 Å². The SMILES string of the molecule is CCCCC(C(=O)OC)N(C)C(C)CC. The van der Waals surface area contributed by atoms with E-state index in [1.807, 2.05) is 7.05 Å². The molecule has 0 aromatic heterocycles. The highest BCUT2D eigenvalue weighted by atomic mass is 16.5. The van der Waals surface area contributed by atoms with Gasteiger partial charge in [0.15, 0.2) is 0 Å². The highest BCUT2D eigenvalue weighted by Gasteiger charge is 2.25. The maximum atomic E-state index is 11.6. The summed E-state index contributed by atoms with van der Waals surface area (Å²) in [4.78, 5) is 13.7. The Morgan fingerprint density at radius 1 is 1.40 bits per heavy atom. The summed E-state index contributed by atoms with van der Waals surface area (Å²) < 4.78 is 4.84. The summed E-state index contributed by atoms with van der Waals surface area (Å²) in [6.07, 6.45) is 4.13. The van der Waals surface area contributed by atoms with E-state index in [0.29, 0.717) is 6.04 Å². The molecular weight excluding hydrogens is 190 g/mol. The first-order valence-corrected chi connectivity index (χ1v) is 5.88. The minimum Gasteiger partial charge on any atom is -0.468 e. The zero-order valence-electron chi connectivity index (χ0n) is 10.7. The van der Waals surface area contributed by atoms with E-state index in [0.717, 1.165) is 25.7 Å². The van der Waals surface area contributed by atoms with Crippen LogP contribution in [0.1, 0.15) is 46.5 Å². The van der Waals surface area contributed by atoms with Crippen LogP contribution in [0.5, 0.6) is 0 Å². The molecule has 0 heterocycles. The van der Waals surface area contributed by atoms with E-state index in [1.54, 1.807) is 0 Å². The van der Waals surface area contributed by atoms with Crippen molar-refractivity contribution in [2.24, 2.45) is 0 Å². The monoisotopic (exact) mass is 215 g/mol. The quantitative estimate of drug-likeness (QED) is 0.611. The molecule has 0 saturated heterocycles. The number of ether oxygens (including phenoxy) is 1. The molecule has 0 rings (SSSR count). The summed E-state index contributed by atoms with van der Waals surface area (Å²) in [5.74, 6) is -0.105. The average molecular weight is 215 g/mol. The highest BCUT2D eigenvalue weighted by molar-refractivity contribution is 5.75. The van der Waals surface area contributed by atoms with Gasteiger partial charge < -0.3 is 4.74 Å². The third-order valence-electron chi connectivity index (χ3n) is 3.08. The Morgan fingerprint density at radius 2 is 2.00 bits per heavy atom. The van der Waals surface area contributed by atoms with Crippen LogP contribution in [0.15, 0.2) is 0 Å². The number of hydrogen-bond donors (Lipinski definition) is 0. The molecule has 0 bridgehead atoms. The zero-order valence-corrected chi connectivity index (χ0v) is 10.7. The summed E-state index contributed by atoms with van der Waals surface area (Å²) in [5, 5.41) is 0. The maximum Gasteiger partial charge on any atom is 0.323 e. The van der Waals surface area contributed by atoms with Gasteiger partial charge in [-0.05, 0) is 26.8 Å². The predicted molar refractivity (Wildman–Crippen MR) is 62.8 cm³/mol. The second-order valence-electron chi connectivity index (χ2n) is 4.10. The maximum absolute atomic E-state index is 11.6.